The number of carbonyl (C=O) groups excluding carboxylic acids is 1. The standard InChI is InChI=1S/C31H24ClN5O3S/c1-18-29(19(2)37(35-18)23-6-4-3-5-7-23)25-15-24(20-8-11-22(32)12-9-20)33-31(34-25)36-28(38)16-41-30(36)21-10-13-26-27(14-21)40-17-39-26/h3-15,30H,16-17H2,1-2H3. The van der Waals surface area contributed by atoms with Gasteiger partial charge in [0.25, 0.3) is 0 Å². The van der Waals surface area contributed by atoms with E-state index in [2.05, 4.69) is 0 Å². The molecular weight excluding hydrogens is 558 g/mol. The molecule has 2 aliphatic rings. The quantitative estimate of drug-likeness (QED) is 0.226. The van der Waals surface area contributed by atoms with Crippen LogP contribution in [-0.2, 0) is 4.79 Å². The number of anilines is 1. The van der Waals surface area contributed by atoms with Gasteiger partial charge in [0, 0.05) is 16.1 Å². The highest BCUT2D eigenvalue weighted by Gasteiger charge is 2.37. The zero-order valence-corrected chi connectivity index (χ0v) is 23.8. The van der Waals surface area contributed by atoms with Crippen LogP contribution in [0.5, 0.6) is 11.5 Å². The molecule has 0 spiro atoms. The molecule has 2 aliphatic heterocycles. The van der Waals surface area contributed by atoms with Gasteiger partial charge < -0.3 is 9.47 Å². The number of thioether (sulfide) groups is 1. The Hall–Kier alpha value is -4.34. The predicted octanol–water partition coefficient (Wildman–Crippen LogP) is 6.77. The van der Waals surface area contributed by atoms with E-state index in [1.165, 1.54) is 11.8 Å². The molecule has 1 amide bonds. The molecule has 1 fully saturated rings. The summed E-state index contributed by atoms with van der Waals surface area (Å²) in [4.78, 5) is 25.0. The predicted molar refractivity (Wildman–Crippen MR) is 160 cm³/mol. The third-order valence-electron chi connectivity index (χ3n) is 7.17. The van der Waals surface area contributed by atoms with Gasteiger partial charge in [0.1, 0.15) is 5.37 Å². The van der Waals surface area contributed by atoms with E-state index in [0.29, 0.717) is 39.6 Å². The minimum atomic E-state index is -0.320. The molecule has 1 unspecified atom stereocenters. The van der Waals surface area contributed by atoms with Crippen molar-refractivity contribution in [3.8, 4) is 39.7 Å². The Morgan fingerprint density at radius 2 is 1.66 bits per heavy atom. The van der Waals surface area contributed by atoms with Gasteiger partial charge in [0.15, 0.2) is 11.5 Å². The molecule has 0 saturated carbocycles. The van der Waals surface area contributed by atoms with Crippen LogP contribution < -0.4 is 14.4 Å². The fraction of sp³-hybridized carbons (Fsp3) is 0.161. The molecule has 204 valence electrons. The smallest absolute Gasteiger partial charge is 0.240 e. The molecule has 0 bridgehead atoms. The van der Waals surface area contributed by atoms with Crippen LogP contribution in [0.2, 0.25) is 5.02 Å². The number of carbonyl (C=O) groups is 1. The number of halogens is 1. The largest absolute Gasteiger partial charge is 0.454 e. The summed E-state index contributed by atoms with van der Waals surface area (Å²) in [5.41, 5.74) is 6.77. The molecule has 41 heavy (non-hydrogen) atoms. The highest BCUT2D eigenvalue weighted by molar-refractivity contribution is 8.00. The molecule has 3 aromatic carbocycles. The van der Waals surface area contributed by atoms with E-state index in [1.807, 2.05) is 97.4 Å². The van der Waals surface area contributed by atoms with Gasteiger partial charge in [-0.25, -0.2) is 14.6 Å². The maximum atomic E-state index is 13.4. The van der Waals surface area contributed by atoms with Crippen molar-refractivity contribution in [2.75, 3.05) is 17.4 Å². The second kappa shape index (κ2) is 10.2. The van der Waals surface area contributed by atoms with E-state index in [1.54, 1.807) is 4.90 Å². The van der Waals surface area contributed by atoms with Crippen LogP contribution in [0.4, 0.5) is 5.95 Å². The summed E-state index contributed by atoms with van der Waals surface area (Å²) in [5.74, 6) is 1.94. The van der Waals surface area contributed by atoms with Crippen molar-refractivity contribution >= 4 is 35.2 Å². The molecule has 7 rings (SSSR count). The SMILES string of the molecule is Cc1nn(-c2ccccc2)c(C)c1-c1cc(-c2ccc(Cl)cc2)nc(N2C(=O)CSC2c2ccc3c(c2)OCO3)n1. The number of hydrogen-bond donors (Lipinski definition) is 0. The Morgan fingerprint density at radius 3 is 2.46 bits per heavy atom. The lowest BCUT2D eigenvalue weighted by Gasteiger charge is -2.23. The van der Waals surface area contributed by atoms with Gasteiger partial charge in [-0.2, -0.15) is 5.10 Å². The average Bonchev–Trinajstić information content (AvgIpc) is 3.70. The summed E-state index contributed by atoms with van der Waals surface area (Å²) in [5, 5.41) is 5.15. The number of aromatic nitrogens is 4. The first-order chi connectivity index (χ1) is 20.0. The van der Waals surface area contributed by atoms with E-state index < -0.39 is 0 Å². The summed E-state index contributed by atoms with van der Waals surface area (Å²) < 4.78 is 13.0. The molecule has 2 aromatic heterocycles. The van der Waals surface area contributed by atoms with Gasteiger partial charge in [-0.05, 0) is 61.9 Å². The summed E-state index contributed by atoms with van der Waals surface area (Å²) in [6, 6.07) is 25.2. The van der Waals surface area contributed by atoms with Crippen LogP contribution in [0.1, 0.15) is 22.3 Å². The van der Waals surface area contributed by atoms with Gasteiger partial charge in [-0.15, -0.1) is 11.8 Å². The first-order valence-electron chi connectivity index (χ1n) is 13.1. The van der Waals surface area contributed by atoms with Crippen LogP contribution >= 0.6 is 23.4 Å². The first kappa shape index (κ1) is 25.6. The van der Waals surface area contributed by atoms with E-state index in [9.17, 15) is 4.79 Å². The molecule has 5 aromatic rings. The summed E-state index contributed by atoms with van der Waals surface area (Å²) in [6.07, 6.45) is 0. The number of para-hydroxylation sites is 1. The number of aryl methyl sites for hydroxylation is 1. The van der Waals surface area contributed by atoms with Crippen molar-refractivity contribution in [1.82, 2.24) is 19.7 Å². The Bertz CT molecular complexity index is 1790. The molecule has 0 N–H and O–H groups in total. The maximum Gasteiger partial charge on any atom is 0.240 e. The van der Waals surface area contributed by atoms with Crippen molar-refractivity contribution in [3.05, 3.63) is 101 Å². The average molecular weight is 582 g/mol. The third-order valence-corrected chi connectivity index (χ3v) is 8.63. The Balaban J connectivity index is 1.38. The fourth-order valence-corrected chi connectivity index (χ4v) is 6.49. The molecule has 8 nitrogen and oxygen atoms in total. The molecule has 0 aliphatic carbocycles. The van der Waals surface area contributed by atoms with Crippen molar-refractivity contribution in [3.63, 3.8) is 0 Å². The van der Waals surface area contributed by atoms with E-state index in [4.69, 9.17) is 36.1 Å². The van der Waals surface area contributed by atoms with Crippen LogP contribution in [0.3, 0.4) is 0 Å². The Morgan fingerprint density at radius 1 is 0.902 bits per heavy atom. The van der Waals surface area contributed by atoms with E-state index in [-0.39, 0.29) is 18.1 Å². The van der Waals surface area contributed by atoms with Crippen LogP contribution in [0, 0.1) is 13.8 Å². The number of ether oxygens (including phenoxy) is 2. The monoisotopic (exact) mass is 581 g/mol. The first-order valence-corrected chi connectivity index (χ1v) is 14.5. The van der Waals surface area contributed by atoms with Gasteiger partial charge >= 0.3 is 0 Å². The number of amides is 1. The zero-order valence-electron chi connectivity index (χ0n) is 22.2. The lowest BCUT2D eigenvalue weighted by molar-refractivity contribution is -0.115. The van der Waals surface area contributed by atoms with Crippen LogP contribution in [0.15, 0.2) is 78.9 Å². The number of fused-ring (bicyclic) bond motifs is 1. The van der Waals surface area contributed by atoms with Crippen molar-refractivity contribution in [2.24, 2.45) is 0 Å². The fourth-order valence-electron chi connectivity index (χ4n) is 5.23. The zero-order chi connectivity index (χ0) is 28.1. The second-order valence-corrected chi connectivity index (χ2v) is 11.3. The van der Waals surface area contributed by atoms with Gasteiger partial charge in [-0.3, -0.25) is 9.69 Å². The topological polar surface area (TPSA) is 82.4 Å². The van der Waals surface area contributed by atoms with Crippen molar-refractivity contribution < 1.29 is 14.3 Å². The third kappa shape index (κ3) is 4.61. The van der Waals surface area contributed by atoms with E-state index in [0.717, 1.165) is 33.8 Å². The highest BCUT2D eigenvalue weighted by atomic mass is 35.5. The minimum Gasteiger partial charge on any atom is -0.454 e. The molecule has 0 radical (unpaired) electrons. The van der Waals surface area contributed by atoms with E-state index >= 15 is 0 Å². The van der Waals surface area contributed by atoms with Crippen LogP contribution in [-0.4, -0.2) is 38.2 Å². The molecule has 4 heterocycles. The van der Waals surface area contributed by atoms with Crippen LogP contribution in [0.25, 0.3) is 28.2 Å². The molecule has 10 heteroatoms. The maximum absolute atomic E-state index is 13.4. The van der Waals surface area contributed by atoms with Gasteiger partial charge in [0.2, 0.25) is 18.6 Å². The summed E-state index contributed by atoms with van der Waals surface area (Å²) >= 11 is 7.72. The number of rotatable bonds is 5. The minimum absolute atomic E-state index is 0.0645. The lowest BCUT2D eigenvalue weighted by Crippen LogP contribution is -2.30. The number of benzene rings is 3. The van der Waals surface area contributed by atoms with Crippen molar-refractivity contribution in [1.29, 1.82) is 0 Å². The second-order valence-electron chi connectivity index (χ2n) is 9.78. The summed E-state index contributed by atoms with van der Waals surface area (Å²) in [7, 11) is 0. The van der Waals surface area contributed by atoms with Gasteiger partial charge in [-0.1, -0.05) is 48.0 Å². The number of hydrogen-bond acceptors (Lipinski definition) is 7. The number of nitrogens with zero attached hydrogens (tertiary/aromatic N) is 5. The summed E-state index contributed by atoms with van der Waals surface area (Å²) in [6.45, 7) is 4.18. The van der Waals surface area contributed by atoms with Gasteiger partial charge in [0.05, 0.1) is 34.2 Å². The lowest BCUT2D eigenvalue weighted by atomic mass is 10.1. The van der Waals surface area contributed by atoms with Crippen molar-refractivity contribution in [2.45, 2.75) is 19.2 Å². The molecule has 1 saturated heterocycles. The Labute approximate surface area is 245 Å². The molecular formula is C31H24ClN5O3S. The molecule has 1 atom stereocenters. The highest BCUT2D eigenvalue weighted by Crippen LogP contribution is 2.45. The Kier molecular flexibility index (Phi) is 6.40. The normalized spacial score (nSPS) is 16.0.